The van der Waals surface area contributed by atoms with Crippen LogP contribution in [-0.2, 0) is 17.9 Å². The molecule has 0 unspecified atom stereocenters. The van der Waals surface area contributed by atoms with Gasteiger partial charge in [-0.25, -0.2) is 5.48 Å². The predicted octanol–water partition coefficient (Wildman–Crippen LogP) is 1.98. The number of fused-ring (bicyclic) bond motifs is 1. The second-order valence-corrected chi connectivity index (χ2v) is 5.98. The maximum Gasteiger partial charge on any atom is 0.243 e. The first kappa shape index (κ1) is 17.5. The van der Waals surface area contributed by atoms with E-state index in [-0.39, 0.29) is 24.5 Å². The van der Waals surface area contributed by atoms with E-state index in [2.05, 4.69) is 15.5 Å². The Morgan fingerprint density at radius 3 is 2.92 bits per heavy atom. The molecule has 2 aromatic heterocycles. The number of aromatic nitrogens is 4. The predicted molar refractivity (Wildman–Crippen MR) is 92.1 cm³/mol. The summed E-state index contributed by atoms with van der Waals surface area (Å²) in [4.78, 5) is 22.1. The molecule has 26 heavy (non-hydrogen) atoms. The molecule has 0 spiro atoms. The fourth-order valence-electron chi connectivity index (χ4n) is 2.83. The lowest BCUT2D eigenvalue weighted by Gasteiger charge is -2.04. The molecule has 0 aliphatic heterocycles. The van der Waals surface area contributed by atoms with Gasteiger partial charge in [0.25, 0.3) is 0 Å². The lowest BCUT2D eigenvalue weighted by molar-refractivity contribution is -0.129. The van der Waals surface area contributed by atoms with Crippen LogP contribution >= 0.6 is 0 Å². The largest absolute Gasteiger partial charge is 0.493 e. The molecule has 0 aliphatic carbocycles. The number of nitrogens with zero attached hydrogens (tertiary/aromatic N) is 5. The Labute approximate surface area is 148 Å². The Bertz CT molecular complexity index is 961. The smallest absolute Gasteiger partial charge is 0.243 e. The molecule has 1 aromatic carbocycles. The summed E-state index contributed by atoms with van der Waals surface area (Å²) in [5, 5.41) is 30.4. The number of rotatable bonds is 7. The third-order valence-corrected chi connectivity index (χ3v) is 4.08. The molecule has 136 valence electrons. The number of benzene rings is 1. The second kappa shape index (κ2) is 7.31. The maximum atomic E-state index is 11.1. The summed E-state index contributed by atoms with van der Waals surface area (Å²) in [5.41, 5.74) is 3.80. The highest BCUT2D eigenvalue weighted by Gasteiger charge is 2.18. The Morgan fingerprint density at radius 1 is 1.38 bits per heavy atom. The second-order valence-electron chi connectivity index (χ2n) is 5.98. The van der Waals surface area contributed by atoms with Crippen molar-refractivity contribution in [3.05, 3.63) is 40.6 Å². The number of aromatic hydroxyl groups is 1. The molecular weight excluding hydrogens is 340 g/mol. The van der Waals surface area contributed by atoms with Gasteiger partial charge in [-0.15, -0.1) is 10.0 Å². The summed E-state index contributed by atoms with van der Waals surface area (Å²) in [6.07, 6.45) is 2.36. The fourth-order valence-corrected chi connectivity index (χ4v) is 2.83. The topological polar surface area (TPSA) is 135 Å². The number of carbonyl (C=O) groups is 1. The van der Waals surface area contributed by atoms with Gasteiger partial charge in [0.1, 0.15) is 5.69 Å². The van der Waals surface area contributed by atoms with E-state index >= 15 is 0 Å². The van der Waals surface area contributed by atoms with E-state index < -0.39 is 5.91 Å². The van der Waals surface area contributed by atoms with Crippen LogP contribution in [0, 0.1) is 11.8 Å². The van der Waals surface area contributed by atoms with Crippen molar-refractivity contribution in [2.45, 2.75) is 32.9 Å². The third kappa shape index (κ3) is 3.40. The van der Waals surface area contributed by atoms with Gasteiger partial charge in [-0.2, -0.15) is 0 Å². The monoisotopic (exact) mass is 358 g/mol. The molecule has 2 heterocycles. The van der Waals surface area contributed by atoms with E-state index in [1.54, 1.807) is 27.0 Å². The third-order valence-electron chi connectivity index (χ3n) is 4.08. The molecule has 0 saturated carbocycles. The van der Waals surface area contributed by atoms with Gasteiger partial charge in [-0.3, -0.25) is 14.7 Å². The summed E-state index contributed by atoms with van der Waals surface area (Å²) in [5.74, 6) is -0.673. The van der Waals surface area contributed by atoms with Crippen molar-refractivity contribution in [2.75, 3.05) is 0 Å². The van der Waals surface area contributed by atoms with E-state index in [0.717, 1.165) is 5.56 Å². The van der Waals surface area contributed by atoms with Crippen LogP contribution in [-0.4, -0.2) is 35.8 Å². The fraction of sp³-hybridized carbons (Fsp3) is 0.312. The lowest BCUT2D eigenvalue weighted by atomic mass is 10.1. The van der Waals surface area contributed by atoms with Crippen LogP contribution in [0.4, 0.5) is 5.69 Å². The quantitative estimate of drug-likeness (QED) is 0.336. The van der Waals surface area contributed by atoms with Crippen LogP contribution < -0.4 is 5.48 Å². The molecule has 3 N–H and O–H groups in total. The molecule has 3 aromatic rings. The minimum absolute atomic E-state index is 0.00566. The number of aryl methyl sites for hydroxylation is 2. The molecule has 0 aliphatic rings. The standard InChI is InChI=1S/C16H18N6O4/c1-10-4-5-13-12(7-10)15(19-26)16(24)22(13)9-11-8-21(20-17-11)6-2-3-14(23)18-25/h4-5,7-8,24-25H,2-3,6,9H2,1H3,(H,18,23). The first-order valence-electron chi connectivity index (χ1n) is 8.00. The van der Waals surface area contributed by atoms with E-state index in [1.165, 1.54) is 0 Å². The van der Waals surface area contributed by atoms with Gasteiger partial charge < -0.3 is 9.67 Å². The summed E-state index contributed by atoms with van der Waals surface area (Å²) >= 11 is 0. The number of amides is 1. The zero-order chi connectivity index (χ0) is 18.7. The van der Waals surface area contributed by atoms with Gasteiger partial charge in [-0.05, 0) is 30.7 Å². The van der Waals surface area contributed by atoms with Gasteiger partial charge in [-0.1, -0.05) is 16.8 Å². The number of hydroxylamine groups is 1. The average molecular weight is 358 g/mol. The molecule has 0 fully saturated rings. The summed E-state index contributed by atoms with van der Waals surface area (Å²) in [6.45, 7) is 2.57. The zero-order valence-electron chi connectivity index (χ0n) is 14.1. The van der Waals surface area contributed by atoms with E-state index in [4.69, 9.17) is 5.21 Å². The molecule has 10 nitrogen and oxygen atoms in total. The van der Waals surface area contributed by atoms with Gasteiger partial charge in [0.2, 0.25) is 11.8 Å². The highest BCUT2D eigenvalue weighted by Crippen LogP contribution is 2.39. The van der Waals surface area contributed by atoms with Crippen LogP contribution in [0.2, 0.25) is 0 Å². The van der Waals surface area contributed by atoms with Crippen LogP contribution in [0.25, 0.3) is 10.9 Å². The van der Waals surface area contributed by atoms with Crippen molar-refractivity contribution in [1.82, 2.24) is 25.0 Å². The van der Waals surface area contributed by atoms with Gasteiger partial charge in [0.15, 0.2) is 5.69 Å². The Balaban J connectivity index is 1.80. The van der Waals surface area contributed by atoms with Crippen LogP contribution in [0.1, 0.15) is 24.1 Å². The summed E-state index contributed by atoms with van der Waals surface area (Å²) in [7, 11) is 0. The van der Waals surface area contributed by atoms with Crippen molar-refractivity contribution in [1.29, 1.82) is 0 Å². The van der Waals surface area contributed by atoms with Gasteiger partial charge >= 0.3 is 0 Å². The van der Waals surface area contributed by atoms with E-state index in [1.807, 2.05) is 19.1 Å². The average Bonchev–Trinajstić information content (AvgIpc) is 3.17. The molecule has 0 saturated heterocycles. The molecule has 1 amide bonds. The van der Waals surface area contributed by atoms with Crippen LogP contribution in [0.3, 0.4) is 0 Å². The van der Waals surface area contributed by atoms with E-state index in [9.17, 15) is 14.8 Å². The highest BCUT2D eigenvalue weighted by molar-refractivity contribution is 5.95. The minimum atomic E-state index is -0.460. The van der Waals surface area contributed by atoms with Crippen LogP contribution in [0.15, 0.2) is 29.6 Å². The molecule has 3 rings (SSSR count). The van der Waals surface area contributed by atoms with Crippen molar-refractivity contribution in [2.24, 2.45) is 5.18 Å². The first-order valence-corrected chi connectivity index (χ1v) is 8.00. The number of nitrogens with one attached hydrogen (secondary N) is 1. The molecular formula is C16H18N6O4. The number of hydrogen-bond donors (Lipinski definition) is 3. The number of carbonyl (C=O) groups excluding carboxylic acids is 1. The first-order chi connectivity index (χ1) is 12.5. The Hall–Kier alpha value is -3.27. The van der Waals surface area contributed by atoms with Crippen molar-refractivity contribution < 1.29 is 15.1 Å². The van der Waals surface area contributed by atoms with Crippen molar-refractivity contribution in [3.8, 4) is 5.88 Å². The van der Waals surface area contributed by atoms with Gasteiger partial charge in [0, 0.05) is 18.4 Å². The zero-order valence-corrected chi connectivity index (χ0v) is 14.1. The van der Waals surface area contributed by atoms with Gasteiger partial charge in [0.05, 0.1) is 18.3 Å². The number of hydrogen-bond acceptors (Lipinski definition) is 7. The summed E-state index contributed by atoms with van der Waals surface area (Å²) in [6, 6.07) is 5.50. The van der Waals surface area contributed by atoms with Crippen molar-refractivity contribution in [3.63, 3.8) is 0 Å². The highest BCUT2D eigenvalue weighted by atomic mass is 16.5. The Kier molecular flexibility index (Phi) is 4.94. The van der Waals surface area contributed by atoms with E-state index in [0.29, 0.717) is 29.6 Å². The molecule has 0 bridgehead atoms. The lowest BCUT2D eigenvalue weighted by Crippen LogP contribution is -2.18. The minimum Gasteiger partial charge on any atom is -0.493 e. The van der Waals surface area contributed by atoms with Crippen LogP contribution in [0.5, 0.6) is 5.88 Å². The molecule has 0 radical (unpaired) electrons. The molecule has 0 atom stereocenters. The maximum absolute atomic E-state index is 11.1. The van der Waals surface area contributed by atoms with Crippen molar-refractivity contribution >= 4 is 22.5 Å². The SMILES string of the molecule is Cc1ccc2c(c1)c(N=O)c(O)n2Cc1cn(CCCC(=O)NO)nn1. The Morgan fingerprint density at radius 2 is 2.19 bits per heavy atom. The normalized spacial score (nSPS) is 11.0. The summed E-state index contributed by atoms with van der Waals surface area (Å²) < 4.78 is 3.13. The number of nitroso groups, excluding NO2 is 1. The molecule has 10 heteroatoms.